The van der Waals surface area contributed by atoms with Gasteiger partial charge in [-0.15, -0.1) is 5.10 Å². The minimum absolute atomic E-state index is 0.0813. The number of hydrogen-bond donors (Lipinski definition) is 2. The van der Waals surface area contributed by atoms with E-state index in [0.717, 1.165) is 55.0 Å². The Morgan fingerprint density at radius 2 is 1.37 bits per heavy atom. The van der Waals surface area contributed by atoms with E-state index in [-0.39, 0.29) is 5.69 Å². The first kappa shape index (κ1) is 25.6. The molecule has 1 aliphatic rings. The van der Waals surface area contributed by atoms with Gasteiger partial charge in [-0.3, -0.25) is 9.97 Å². The van der Waals surface area contributed by atoms with E-state index in [4.69, 9.17) is 0 Å². The lowest BCUT2D eigenvalue weighted by atomic mass is 10.0. The first-order chi connectivity index (χ1) is 18.4. The molecule has 4 heterocycles. The number of nitrogens with zero attached hydrogens (tertiary/aromatic N) is 8. The molecular weight excluding hydrogens is 494 g/mol. The van der Waals surface area contributed by atoms with Gasteiger partial charge >= 0.3 is 0 Å². The Balaban J connectivity index is 1.18. The van der Waals surface area contributed by atoms with Gasteiger partial charge in [-0.25, -0.2) is 8.78 Å². The summed E-state index contributed by atoms with van der Waals surface area (Å²) < 4.78 is 29.6. The number of anilines is 2. The molecule has 3 aromatic heterocycles. The van der Waals surface area contributed by atoms with E-state index in [2.05, 4.69) is 35.3 Å². The van der Waals surface area contributed by atoms with E-state index in [0.29, 0.717) is 10.4 Å². The van der Waals surface area contributed by atoms with Gasteiger partial charge in [0.25, 0.3) is 0 Å². The van der Waals surface area contributed by atoms with Gasteiger partial charge in [0.05, 0.1) is 29.4 Å². The zero-order valence-corrected chi connectivity index (χ0v) is 20.7. The summed E-state index contributed by atoms with van der Waals surface area (Å²) in [6.07, 6.45) is -2.48. The summed E-state index contributed by atoms with van der Waals surface area (Å²) in [5, 5.41) is 29.6. The summed E-state index contributed by atoms with van der Waals surface area (Å²) in [7, 11) is 0. The van der Waals surface area contributed by atoms with Gasteiger partial charge in [-0.05, 0) is 53.2 Å². The summed E-state index contributed by atoms with van der Waals surface area (Å²) in [6, 6.07) is 15.0. The van der Waals surface area contributed by atoms with E-state index >= 15 is 0 Å². The molecule has 198 valence electrons. The number of piperazine rings is 1. The number of aliphatic hydroxyl groups excluding tert-OH is 2. The van der Waals surface area contributed by atoms with Crippen LogP contribution in [0.3, 0.4) is 0 Å². The number of rotatable bonds is 8. The minimum Gasteiger partial charge on any atom is -0.387 e. The molecule has 38 heavy (non-hydrogen) atoms. The molecule has 2 N–H and O–H groups in total. The van der Waals surface area contributed by atoms with Crippen LogP contribution in [0, 0.1) is 0 Å². The summed E-state index contributed by atoms with van der Waals surface area (Å²) in [5.41, 5.74) is 4.40. The highest BCUT2D eigenvalue weighted by atomic mass is 19.1. The predicted molar refractivity (Wildman–Crippen MR) is 137 cm³/mol. The average Bonchev–Trinajstić information content (AvgIpc) is 3.52. The Bertz CT molecular complexity index is 1300. The highest BCUT2D eigenvalue weighted by Gasteiger charge is 2.32. The van der Waals surface area contributed by atoms with Gasteiger partial charge in [0, 0.05) is 43.6 Å². The number of benzene rings is 1. The van der Waals surface area contributed by atoms with Crippen molar-refractivity contribution in [3.05, 3.63) is 78.6 Å². The Hall–Kier alpha value is -4.03. The van der Waals surface area contributed by atoms with Gasteiger partial charge in [0.15, 0.2) is 6.17 Å². The first-order valence-electron chi connectivity index (χ1n) is 12.3. The maximum Gasteiger partial charge on any atom is 0.224 e. The fourth-order valence-corrected chi connectivity index (χ4v) is 4.41. The zero-order chi connectivity index (χ0) is 26.6. The third-order valence-electron chi connectivity index (χ3n) is 6.68. The van der Waals surface area contributed by atoms with Crippen molar-refractivity contribution in [1.82, 2.24) is 30.2 Å². The fraction of sp³-hybridized carbons (Fsp3) is 0.346. The van der Waals surface area contributed by atoms with Gasteiger partial charge in [-0.1, -0.05) is 18.2 Å². The molecule has 0 spiro atoms. The fourth-order valence-electron chi connectivity index (χ4n) is 4.41. The zero-order valence-electron chi connectivity index (χ0n) is 20.7. The molecule has 4 unspecified atom stereocenters. The highest BCUT2D eigenvalue weighted by Crippen LogP contribution is 2.30. The van der Waals surface area contributed by atoms with Crippen molar-refractivity contribution in [3.63, 3.8) is 0 Å². The molecule has 4 aromatic rings. The molecule has 1 fully saturated rings. The molecule has 0 aliphatic carbocycles. The lowest BCUT2D eigenvalue weighted by Crippen LogP contribution is -2.46. The molecule has 0 radical (unpaired) electrons. The molecule has 0 bridgehead atoms. The second-order valence-corrected chi connectivity index (χ2v) is 9.16. The summed E-state index contributed by atoms with van der Waals surface area (Å²) in [5.74, 6) is 0. The van der Waals surface area contributed by atoms with Crippen LogP contribution in [-0.2, 0) is 0 Å². The van der Waals surface area contributed by atoms with Crippen LogP contribution in [0.5, 0.6) is 0 Å². The van der Waals surface area contributed by atoms with E-state index in [1.165, 1.54) is 12.3 Å². The lowest BCUT2D eigenvalue weighted by molar-refractivity contribution is -0.0294. The standard InChI is InChI=1S/C26H28F2N8O2/c1-17(37)22-9-7-21(15-30-22)35-12-10-34(11-13-35)20-5-2-18(3-6-20)19-4-8-23(29-14-19)24(27)25(38)26(28)36-16-31-32-33-36/h2-9,14-17,24-26,37-38H,10-13H2,1H3. The summed E-state index contributed by atoms with van der Waals surface area (Å²) in [6.45, 7) is 5.12. The Labute approximate surface area is 218 Å². The Morgan fingerprint density at radius 1 is 0.763 bits per heavy atom. The van der Waals surface area contributed by atoms with Gasteiger partial charge < -0.3 is 20.0 Å². The number of aromatic nitrogens is 6. The number of halogens is 2. The first-order valence-corrected chi connectivity index (χ1v) is 12.3. The molecule has 5 rings (SSSR count). The third-order valence-corrected chi connectivity index (χ3v) is 6.68. The Kier molecular flexibility index (Phi) is 7.52. The SMILES string of the molecule is CC(O)c1ccc(N2CCN(c3ccc(-c4ccc(C(F)C(O)C(F)n5cnnn5)nc4)cc3)CC2)cn1. The molecule has 0 saturated carbocycles. The van der Waals surface area contributed by atoms with Crippen LogP contribution >= 0.6 is 0 Å². The number of hydrogen-bond acceptors (Lipinski definition) is 9. The van der Waals surface area contributed by atoms with Crippen LogP contribution in [-0.4, -0.2) is 72.7 Å². The molecule has 1 saturated heterocycles. The topological polar surface area (TPSA) is 116 Å². The Morgan fingerprint density at radius 3 is 1.92 bits per heavy atom. The van der Waals surface area contributed by atoms with Crippen molar-refractivity contribution >= 4 is 11.4 Å². The summed E-state index contributed by atoms with van der Waals surface area (Å²) in [4.78, 5) is 13.0. The number of pyridine rings is 2. The highest BCUT2D eigenvalue weighted by molar-refractivity contribution is 5.66. The van der Waals surface area contributed by atoms with Crippen LogP contribution < -0.4 is 9.80 Å². The van der Waals surface area contributed by atoms with Crippen LogP contribution in [0.2, 0.25) is 0 Å². The monoisotopic (exact) mass is 522 g/mol. The van der Waals surface area contributed by atoms with E-state index in [1.807, 2.05) is 42.6 Å². The number of tetrazole rings is 1. The average molecular weight is 523 g/mol. The molecule has 1 aromatic carbocycles. The van der Waals surface area contributed by atoms with E-state index < -0.39 is 24.7 Å². The van der Waals surface area contributed by atoms with E-state index in [9.17, 15) is 19.0 Å². The number of aliphatic hydroxyl groups is 2. The minimum atomic E-state index is -2.14. The maximum atomic E-state index is 14.7. The van der Waals surface area contributed by atoms with Crippen molar-refractivity contribution in [3.8, 4) is 11.1 Å². The molecule has 10 nitrogen and oxygen atoms in total. The second-order valence-electron chi connectivity index (χ2n) is 9.16. The van der Waals surface area contributed by atoms with Gasteiger partial charge in [-0.2, -0.15) is 4.68 Å². The largest absolute Gasteiger partial charge is 0.387 e. The van der Waals surface area contributed by atoms with Crippen molar-refractivity contribution in [2.45, 2.75) is 31.6 Å². The molecular formula is C26H28F2N8O2. The van der Waals surface area contributed by atoms with Crippen molar-refractivity contribution in [2.24, 2.45) is 0 Å². The normalized spacial score (nSPS) is 17.2. The van der Waals surface area contributed by atoms with Crippen LogP contribution in [0.4, 0.5) is 20.2 Å². The summed E-state index contributed by atoms with van der Waals surface area (Å²) >= 11 is 0. The molecule has 1 aliphatic heterocycles. The van der Waals surface area contributed by atoms with Crippen molar-refractivity contribution in [1.29, 1.82) is 0 Å². The second kappa shape index (κ2) is 11.2. The van der Waals surface area contributed by atoms with Gasteiger partial charge in [0.2, 0.25) is 6.30 Å². The molecule has 0 amide bonds. The van der Waals surface area contributed by atoms with Crippen LogP contribution in [0.1, 0.15) is 36.9 Å². The van der Waals surface area contributed by atoms with E-state index in [1.54, 1.807) is 13.0 Å². The van der Waals surface area contributed by atoms with Crippen molar-refractivity contribution < 1.29 is 19.0 Å². The van der Waals surface area contributed by atoms with Gasteiger partial charge in [0.1, 0.15) is 12.4 Å². The maximum absolute atomic E-state index is 14.7. The smallest absolute Gasteiger partial charge is 0.224 e. The van der Waals surface area contributed by atoms with Crippen LogP contribution in [0.25, 0.3) is 11.1 Å². The van der Waals surface area contributed by atoms with Crippen LogP contribution in [0.15, 0.2) is 67.3 Å². The predicted octanol–water partition coefficient (Wildman–Crippen LogP) is 3.05. The van der Waals surface area contributed by atoms with Crippen molar-refractivity contribution in [2.75, 3.05) is 36.0 Å². The lowest BCUT2D eigenvalue weighted by Gasteiger charge is -2.37. The third kappa shape index (κ3) is 5.46. The molecule has 4 atom stereocenters. The molecule has 12 heteroatoms. The number of alkyl halides is 2. The quantitative estimate of drug-likeness (QED) is 0.360.